The number of ether oxygens (including phenoxy) is 1. The Bertz CT molecular complexity index is 599. The lowest BCUT2D eigenvalue weighted by molar-refractivity contribution is -0.0505. The first-order valence-corrected chi connectivity index (χ1v) is 6.35. The van der Waals surface area contributed by atoms with Crippen LogP contribution in [0.5, 0.6) is 5.75 Å². The molecule has 2 nitrogen and oxygen atoms in total. The van der Waals surface area contributed by atoms with Crippen molar-refractivity contribution in [2.24, 2.45) is 5.73 Å². The highest BCUT2D eigenvalue weighted by Crippen LogP contribution is 2.31. The molecule has 106 valence electrons. The zero-order valence-electron chi connectivity index (χ0n) is 11.4. The molecule has 0 fully saturated rings. The van der Waals surface area contributed by atoms with Crippen LogP contribution >= 0.6 is 0 Å². The van der Waals surface area contributed by atoms with Crippen LogP contribution < -0.4 is 10.5 Å². The maximum Gasteiger partial charge on any atom is 0.387 e. The van der Waals surface area contributed by atoms with Gasteiger partial charge in [-0.2, -0.15) is 8.78 Å². The lowest BCUT2D eigenvalue weighted by atomic mass is 9.94. The molecule has 0 aliphatic heterocycles. The fourth-order valence-corrected chi connectivity index (χ4v) is 2.28. The molecule has 1 unspecified atom stereocenters. The van der Waals surface area contributed by atoms with E-state index in [-0.39, 0.29) is 5.75 Å². The van der Waals surface area contributed by atoms with Gasteiger partial charge in [0.05, 0.1) is 6.04 Å². The second-order valence-corrected chi connectivity index (χ2v) is 4.75. The highest BCUT2D eigenvalue weighted by Gasteiger charge is 2.17. The van der Waals surface area contributed by atoms with Crippen molar-refractivity contribution in [3.8, 4) is 5.75 Å². The summed E-state index contributed by atoms with van der Waals surface area (Å²) < 4.78 is 29.4. The second-order valence-electron chi connectivity index (χ2n) is 4.75. The van der Waals surface area contributed by atoms with Gasteiger partial charge in [0, 0.05) is 5.56 Å². The van der Waals surface area contributed by atoms with E-state index in [2.05, 4.69) is 4.74 Å². The number of hydrogen-bond donors (Lipinski definition) is 1. The van der Waals surface area contributed by atoms with Gasteiger partial charge in [-0.15, -0.1) is 0 Å². The van der Waals surface area contributed by atoms with E-state index in [1.165, 1.54) is 6.07 Å². The molecule has 0 bridgehead atoms. The summed E-state index contributed by atoms with van der Waals surface area (Å²) in [7, 11) is 0. The van der Waals surface area contributed by atoms with Gasteiger partial charge in [0.2, 0.25) is 0 Å². The van der Waals surface area contributed by atoms with Gasteiger partial charge in [-0.25, -0.2) is 0 Å². The van der Waals surface area contributed by atoms with E-state index in [4.69, 9.17) is 5.73 Å². The van der Waals surface area contributed by atoms with E-state index in [9.17, 15) is 8.78 Å². The van der Waals surface area contributed by atoms with Crippen LogP contribution in [0.25, 0.3) is 0 Å². The van der Waals surface area contributed by atoms with Crippen LogP contribution in [0.4, 0.5) is 8.78 Å². The average Bonchev–Trinajstić information content (AvgIpc) is 2.38. The Balaban J connectivity index is 2.40. The summed E-state index contributed by atoms with van der Waals surface area (Å²) >= 11 is 0. The molecular weight excluding hydrogens is 260 g/mol. The molecule has 0 saturated carbocycles. The first kappa shape index (κ1) is 14.5. The van der Waals surface area contributed by atoms with E-state index >= 15 is 0 Å². The molecule has 0 spiro atoms. The number of alkyl halides is 2. The van der Waals surface area contributed by atoms with Crippen LogP contribution in [0, 0.1) is 13.8 Å². The monoisotopic (exact) mass is 277 g/mol. The Hall–Kier alpha value is -1.94. The Morgan fingerprint density at radius 3 is 2.35 bits per heavy atom. The van der Waals surface area contributed by atoms with Gasteiger partial charge >= 0.3 is 6.61 Å². The predicted molar refractivity (Wildman–Crippen MR) is 75.0 cm³/mol. The minimum Gasteiger partial charge on any atom is -0.434 e. The largest absolute Gasteiger partial charge is 0.434 e. The molecule has 0 amide bonds. The molecule has 1 atom stereocenters. The number of benzene rings is 2. The van der Waals surface area contributed by atoms with Crippen molar-refractivity contribution in [3.63, 3.8) is 0 Å². The average molecular weight is 277 g/mol. The van der Waals surface area contributed by atoms with E-state index in [0.29, 0.717) is 5.56 Å². The van der Waals surface area contributed by atoms with Crippen LogP contribution in [0.1, 0.15) is 28.3 Å². The van der Waals surface area contributed by atoms with Crippen LogP contribution in [0.3, 0.4) is 0 Å². The molecule has 2 N–H and O–H groups in total. The molecular formula is C16H17F2NO. The molecule has 0 saturated heterocycles. The van der Waals surface area contributed by atoms with Crippen molar-refractivity contribution in [1.82, 2.24) is 0 Å². The van der Waals surface area contributed by atoms with Crippen molar-refractivity contribution < 1.29 is 13.5 Å². The lowest BCUT2D eigenvalue weighted by Crippen LogP contribution is -2.16. The predicted octanol–water partition coefficient (Wildman–Crippen LogP) is 3.95. The van der Waals surface area contributed by atoms with Crippen LogP contribution in [0.2, 0.25) is 0 Å². The molecule has 20 heavy (non-hydrogen) atoms. The second kappa shape index (κ2) is 6.01. The van der Waals surface area contributed by atoms with Crippen molar-refractivity contribution in [2.45, 2.75) is 26.5 Å². The van der Waals surface area contributed by atoms with Crippen LogP contribution in [-0.4, -0.2) is 6.61 Å². The summed E-state index contributed by atoms with van der Waals surface area (Å²) in [5, 5.41) is 0. The van der Waals surface area contributed by atoms with E-state index < -0.39 is 12.7 Å². The van der Waals surface area contributed by atoms with E-state index in [1.807, 2.05) is 32.0 Å². The summed E-state index contributed by atoms with van der Waals surface area (Å²) in [5.41, 5.74) is 9.84. The molecule has 2 aromatic carbocycles. The molecule has 2 rings (SSSR count). The highest BCUT2D eigenvalue weighted by molar-refractivity contribution is 5.44. The topological polar surface area (TPSA) is 35.2 Å². The third-order valence-corrected chi connectivity index (χ3v) is 3.23. The molecule has 0 heterocycles. The molecule has 0 aromatic heterocycles. The Labute approximate surface area is 117 Å². The van der Waals surface area contributed by atoms with Crippen molar-refractivity contribution in [1.29, 1.82) is 0 Å². The quantitative estimate of drug-likeness (QED) is 0.918. The van der Waals surface area contributed by atoms with Gasteiger partial charge < -0.3 is 10.5 Å². The van der Waals surface area contributed by atoms with Gasteiger partial charge in [0.15, 0.2) is 0 Å². The first-order chi connectivity index (χ1) is 9.49. The summed E-state index contributed by atoms with van der Waals surface area (Å²) in [5.74, 6) is 0.120. The van der Waals surface area contributed by atoms with Gasteiger partial charge in [-0.05, 0) is 31.0 Å². The van der Waals surface area contributed by atoms with Crippen LogP contribution in [-0.2, 0) is 0 Å². The number of halogens is 2. The maximum atomic E-state index is 12.4. The molecule has 0 radical (unpaired) electrons. The summed E-state index contributed by atoms with van der Waals surface area (Å²) in [4.78, 5) is 0. The number of para-hydroxylation sites is 1. The number of nitrogens with two attached hydrogens (primary N) is 1. The maximum absolute atomic E-state index is 12.4. The molecule has 0 aliphatic carbocycles. The van der Waals surface area contributed by atoms with E-state index in [0.717, 1.165) is 16.7 Å². The minimum absolute atomic E-state index is 0.120. The lowest BCUT2D eigenvalue weighted by Gasteiger charge is -2.19. The van der Waals surface area contributed by atoms with Crippen molar-refractivity contribution in [2.75, 3.05) is 0 Å². The zero-order valence-corrected chi connectivity index (χ0v) is 11.4. The van der Waals surface area contributed by atoms with E-state index in [1.54, 1.807) is 18.2 Å². The van der Waals surface area contributed by atoms with Gasteiger partial charge in [-0.3, -0.25) is 0 Å². The first-order valence-electron chi connectivity index (χ1n) is 6.35. The van der Waals surface area contributed by atoms with Gasteiger partial charge in [0.25, 0.3) is 0 Å². The number of hydrogen-bond acceptors (Lipinski definition) is 2. The Morgan fingerprint density at radius 1 is 1.00 bits per heavy atom. The Kier molecular flexibility index (Phi) is 4.35. The molecule has 2 aromatic rings. The fraction of sp³-hybridized carbons (Fsp3) is 0.250. The zero-order chi connectivity index (χ0) is 14.7. The van der Waals surface area contributed by atoms with Crippen LogP contribution in [0.15, 0.2) is 42.5 Å². The highest BCUT2D eigenvalue weighted by atomic mass is 19.3. The molecule has 0 aliphatic rings. The molecule has 4 heteroatoms. The summed E-state index contributed by atoms with van der Waals surface area (Å²) in [6, 6.07) is 12.0. The summed E-state index contributed by atoms with van der Waals surface area (Å²) in [6.45, 7) is 1.09. The minimum atomic E-state index is -2.86. The number of rotatable bonds is 4. The van der Waals surface area contributed by atoms with Gasteiger partial charge in [-0.1, -0.05) is 42.0 Å². The normalized spacial score (nSPS) is 12.5. The van der Waals surface area contributed by atoms with Crippen molar-refractivity contribution >= 4 is 0 Å². The third kappa shape index (κ3) is 3.14. The van der Waals surface area contributed by atoms with Crippen molar-refractivity contribution in [3.05, 3.63) is 64.7 Å². The number of aryl methyl sites for hydroxylation is 2. The smallest absolute Gasteiger partial charge is 0.387 e. The third-order valence-electron chi connectivity index (χ3n) is 3.23. The summed E-state index contributed by atoms with van der Waals surface area (Å²) in [6.07, 6.45) is 0. The Morgan fingerprint density at radius 2 is 1.70 bits per heavy atom. The van der Waals surface area contributed by atoms with Gasteiger partial charge in [0.1, 0.15) is 5.75 Å². The SMILES string of the molecule is Cc1ccc(C(N)c2ccccc2OC(F)F)c(C)c1. The fourth-order valence-electron chi connectivity index (χ4n) is 2.28. The standard InChI is InChI=1S/C16H17F2NO/c1-10-7-8-12(11(2)9-10)15(19)13-5-3-4-6-14(13)20-16(17)18/h3-9,15-16H,19H2,1-2H3.